The topological polar surface area (TPSA) is 18.5 Å². The zero-order chi connectivity index (χ0) is 12.4. The maximum Gasteiger partial charge on any atom is 0.0346 e. The molecule has 0 aliphatic carbocycles. The molecule has 3 heteroatoms. The lowest BCUT2D eigenvalue weighted by atomic mass is 10.0. The van der Waals surface area contributed by atoms with E-state index in [4.69, 9.17) is 0 Å². The van der Waals surface area contributed by atoms with Crippen LogP contribution in [0.15, 0.2) is 30.3 Å². The van der Waals surface area contributed by atoms with Gasteiger partial charge in [0.05, 0.1) is 0 Å². The van der Waals surface area contributed by atoms with Crippen molar-refractivity contribution in [1.29, 1.82) is 0 Å². The van der Waals surface area contributed by atoms with E-state index >= 15 is 0 Å². The first-order chi connectivity index (χ1) is 8.84. The van der Waals surface area contributed by atoms with Crippen LogP contribution in [0.3, 0.4) is 0 Å². The van der Waals surface area contributed by atoms with Crippen LogP contribution in [0.1, 0.15) is 18.5 Å². The molecular weight excluding hydrogens is 222 g/mol. The molecule has 2 aliphatic heterocycles. The van der Waals surface area contributed by atoms with Gasteiger partial charge in [0, 0.05) is 51.4 Å². The van der Waals surface area contributed by atoms with Gasteiger partial charge in [-0.15, -0.1) is 0 Å². The molecule has 1 aromatic carbocycles. The summed E-state index contributed by atoms with van der Waals surface area (Å²) in [5, 5.41) is 3.36. The lowest BCUT2D eigenvalue weighted by molar-refractivity contribution is 0.0552. The smallest absolute Gasteiger partial charge is 0.0346 e. The Morgan fingerprint density at radius 3 is 2.28 bits per heavy atom. The Morgan fingerprint density at radius 1 is 1.06 bits per heavy atom. The van der Waals surface area contributed by atoms with Crippen molar-refractivity contribution in [2.45, 2.75) is 19.0 Å². The number of piperazine rings is 1. The van der Waals surface area contributed by atoms with Crippen molar-refractivity contribution in [3.63, 3.8) is 0 Å². The number of benzene rings is 1. The van der Waals surface area contributed by atoms with E-state index in [2.05, 4.69) is 52.4 Å². The molecule has 0 aromatic heterocycles. The third kappa shape index (κ3) is 2.44. The maximum atomic E-state index is 3.36. The highest BCUT2D eigenvalue weighted by molar-refractivity contribution is 5.18. The van der Waals surface area contributed by atoms with E-state index in [1.54, 1.807) is 0 Å². The second kappa shape index (κ2) is 5.39. The average Bonchev–Trinajstić information content (AvgIpc) is 2.38. The maximum absolute atomic E-state index is 3.36. The summed E-state index contributed by atoms with van der Waals surface area (Å²) in [4.78, 5) is 5.25. The van der Waals surface area contributed by atoms with E-state index < -0.39 is 0 Å². The van der Waals surface area contributed by atoms with Gasteiger partial charge in [-0.2, -0.15) is 0 Å². The fraction of sp³-hybridized carbons (Fsp3) is 0.600. The van der Waals surface area contributed by atoms with Gasteiger partial charge in [-0.05, 0) is 12.5 Å². The monoisotopic (exact) mass is 245 g/mol. The molecule has 1 atom stereocenters. The highest BCUT2D eigenvalue weighted by atomic mass is 15.3. The van der Waals surface area contributed by atoms with Crippen molar-refractivity contribution >= 4 is 0 Å². The van der Waals surface area contributed by atoms with Gasteiger partial charge in [-0.25, -0.2) is 0 Å². The Balaban J connectivity index is 1.55. The third-order valence-corrected chi connectivity index (χ3v) is 4.45. The summed E-state index contributed by atoms with van der Waals surface area (Å²) in [6.07, 6.45) is 0. The average molecular weight is 245 g/mol. The molecule has 3 nitrogen and oxygen atoms in total. The molecule has 2 fully saturated rings. The zero-order valence-electron chi connectivity index (χ0n) is 11.2. The fourth-order valence-corrected chi connectivity index (χ4v) is 2.96. The van der Waals surface area contributed by atoms with Crippen LogP contribution in [0.5, 0.6) is 0 Å². The summed E-state index contributed by atoms with van der Waals surface area (Å²) in [7, 11) is 0. The molecule has 0 radical (unpaired) electrons. The van der Waals surface area contributed by atoms with Crippen LogP contribution in [-0.2, 0) is 0 Å². The van der Waals surface area contributed by atoms with E-state index in [0.29, 0.717) is 6.04 Å². The Kier molecular flexibility index (Phi) is 3.64. The molecule has 1 unspecified atom stereocenters. The van der Waals surface area contributed by atoms with Gasteiger partial charge >= 0.3 is 0 Å². The van der Waals surface area contributed by atoms with Crippen molar-refractivity contribution in [3.05, 3.63) is 35.9 Å². The van der Waals surface area contributed by atoms with Crippen LogP contribution >= 0.6 is 0 Å². The molecule has 0 amide bonds. The van der Waals surface area contributed by atoms with Crippen LogP contribution in [0.4, 0.5) is 0 Å². The van der Waals surface area contributed by atoms with Crippen molar-refractivity contribution < 1.29 is 0 Å². The Morgan fingerprint density at radius 2 is 1.72 bits per heavy atom. The third-order valence-electron chi connectivity index (χ3n) is 4.45. The largest absolute Gasteiger partial charge is 0.314 e. The Labute approximate surface area is 110 Å². The zero-order valence-corrected chi connectivity index (χ0v) is 11.2. The van der Waals surface area contributed by atoms with E-state index in [0.717, 1.165) is 6.04 Å². The van der Waals surface area contributed by atoms with Gasteiger partial charge in [0.1, 0.15) is 0 Å². The quantitative estimate of drug-likeness (QED) is 0.867. The number of nitrogens with one attached hydrogen (secondary N) is 1. The summed E-state index contributed by atoms with van der Waals surface area (Å²) in [6.45, 7) is 9.56. The fourth-order valence-electron chi connectivity index (χ4n) is 2.96. The summed E-state index contributed by atoms with van der Waals surface area (Å²) in [5.74, 6) is 0. The van der Waals surface area contributed by atoms with E-state index in [1.165, 1.54) is 44.8 Å². The molecule has 1 N–H and O–H groups in total. The van der Waals surface area contributed by atoms with Crippen molar-refractivity contribution in [2.75, 3.05) is 39.3 Å². The predicted octanol–water partition coefficient (Wildman–Crippen LogP) is 1.34. The van der Waals surface area contributed by atoms with Gasteiger partial charge in [0.15, 0.2) is 0 Å². The normalized spacial score (nSPS) is 24.7. The highest BCUT2D eigenvalue weighted by Crippen LogP contribution is 2.22. The standard InChI is InChI=1S/C15H23N3/c1-13(14-5-3-2-4-6-14)17-7-9-18(10-8-17)15-11-16-12-15/h2-6,13,15-16H,7-12H2,1H3. The first-order valence-corrected chi connectivity index (χ1v) is 7.08. The lowest BCUT2D eigenvalue weighted by Crippen LogP contribution is -2.61. The van der Waals surface area contributed by atoms with Crippen LogP contribution in [0.25, 0.3) is 0 Å². The first-order valence-electron chi connectivity index (χ1n) is 7.08. The van der Waals surface area contributed by atoms with Gasteiger partial charge in [-0.1, -0.05) is 30.3 Å². The number of hydrogen-bond acceptors (Lipinski definition) is 3. The second-order valence-corrected chi connectivity index (χ2v) is 5.47. The lowest BCUT2D eigenvalue weighted by Gasteiger charge is -2.44. The summed E-state index contributed by atoms with van der Waals surface area (Å²) in [6, 6.07) is 12.2. The Bertz CT molecular complexity index is 367. The first kappa shape index (κ1) is 12.2. The molecule has 1 aromatic rings. The molecular formula is C15H23N3. The number of hydrogen-bond donors (Lipinski definition) is 1. The molecule has 98 valence electrons. The van der Waals surface area contributed by atoms with Gasteiger partial charge in [-0.3, -0.25) is 9.80 Å². The van der Waals surface area contributed by atoms with Crippen LogP contribution < -0.4 is 5.32 Å². The van der Waals surface area contributed by atoms with Crippen molar-refractivity contribution in [1.82, 2.24) is 15.1 Å². The minimum Gasteiger partial charge on any atom is -0.314 e. The number of rotatable bonds is 3. The minimum absolute atomic E-state index is 0.549. The van der Waals surface area contributed by atoms with Crippen LogP contribution in [0, 0.1) is 0 Å². The van der Waals surface area contributed by atoms with Crippen molar-refractivity contribution in [2.24, 2.45) is 0 Å². The van der Waals surface area contributed by atoms with Crippen LogP contribution in [0.2, 0.25) is 0 Å². The van der Waals surface area contributed by atoms with Crippen LogP contribution in [-0.4, -0.2) is 55.1 Å². The van der Waals surface area contributed by atoms with E-state index in [-0.39, 0.29) is 0 Å². The van der Waals surface area contributed by atoms with Gasteiger partial charge in [0.2, 0.25) is 0 Å². The molecule has 18 heavy (non-hydrogen) atoms. The summed E-state index contributed by atoms with van der Waals surface area (Å²) < 4.78 is 0. The summed E-state index contributed by atoms with van der Waals surface area (Å²) in [5.41, 5.74) is 1.44. The van der Waals surface area contributed by atoms with E-state index in [1.807, 2.05) is 0 Å². The molecule has 2 heterocycles. The second-order valence-electron chi connectivity index (χ2n) is 5.47. The van der Waals surface area contributed by atoms with Crippen molar-refractivity contribution in [3.8, 4) is 0 Å². The minimum atomic E-state index is 0.549. The molecule has 2 aliphatic rings. The molecule has 0 spiro atoms. The van der Waals surface area contributed by atoms with E-state index in [9.17, 15) is 0 Å². The molecule has 0 saturated carbocycles. The molecule has 2 saturated heterocycles. The SMILES string of the molecule is CC(c1ccccc1)N1CCN(C2CNC2)CC1. The van der Waals surface area contributed by atoms with Gasteiger partial charge in [0.25, 0.3) is 0 Å². The highest BCUT2D eigenvalue weighted by Gasteiger charge is 2.29. The molecule has 3 rings (SSSR count). The van der Waals surface area contributed by atoms with Gasteiger partial charge < -0.3 is 5.32 Å². The number of nitrogens with zero attached hydrogens (tertiary/aromatic N) is 2. The Hall–Kier alpha value is -0.900. The summed E-state index contributed by atoms with van der Waals surface area (Å²) >= 11 is 0. The predicted molar refractivity (Wildman–Crippen MR) is 74.7 cm³/mol. The molecule has 0 bridgehead atoms.